The van der Waals surface area contributed by atoms with Crippen molar-refractivity contribution >= 4 is 17.5 Å². The van der Waals surface area contributed by atoms with E-state index in [4.69, 9.17) is 9.84 Å². The van der Waals surface area contributed by atoms with Gasteiger partial charge >= 0.3 is 0 Å². The summed E-state index contributed by atoms with van der Waals surface area (Å²) < 4.78 is 7.47. The molecule has 194 valence electrons. The van der Waals surface area contributed by atoms with Crippen LogP contribution in [-0.2, 0) is 28.9 Å². The molecule has 8 heteroatoms. The molecule has 2 amide bonds. The van der Waals surface area contributed by atoms with E-state index < -0.39 is 0 Å². The molecule has 36 heavy (non-hydrogen) atoms. The van der Waals surface area contributed by atoms with Crippen LogP contribution >= 0.6 is 0 Å². The van der Waals surface area contributed by atoms with Crippen molar-refractivity contribution in [3.05, 3.63) is 46.3 Å². The number of carbonyl (C=O) groups is 2. The molecule has 8 nitrogen and oxygen atoms in total. The van der Waals surface area contributed by atoms with E-state index in [0.29, 0.717) is 38.5 Å². The number of fused-ring (bicyclic) bond motifs is 1. The number of hydrogen-bond acceptors (Lipinski definition) is 5. The van der Waals surface area contributed by atoms with Crippen LogP contribution in [0.3, 0.4) is 0 Å². The first kappa shape index (κ1) is 24.8. The van der Waals surface area contributed by atoms with Crippen molar-refractivity contribution in [3.63, 3.8) is 0 Å². The Morgan fingerprint density at radius 2 is 1.78 bits per heavy atom. The summed E-state index contributed by atoms with van der Waals surface area (Å²) >= 11 is 0. The average Bonchev–Trinajstić information content (AvgIpc) is 3.04. The van der Waals surface area contributed by atoms with Crippen molar-refractivity contribution in [3.8, 4) is 0 Å². The Morgan fingerprint density at radius 1 is 1.00 bits per heavy atom. The lowest BCUT2D eigenvalue weighted by Gasteiger charge is -2.37. The molecule has 1 atom stereocenters. The van der Waals surface area contributed by atoms with Crippen LogP contribution in [0, 0.1) is 13.8 Å². The van der Waals surface area contributed by atoms with Crippen LogP contribution in [0.1, 0.15) is 59.1 Å². The maximum Gasteiger partial charge on any atom is 0.274 e. The Kier molecular flexibility index (Phi) is 7.32. The van der Waals surface area contributed by atoms with E-state index >= 15 is 0 Å². The zero-order chi connectivity index (χ0) is 25.2. The monoisotopic (exact) mass is 493 g/mol. The Bertz CT molecular complexity index is 1120. The first-order valence-electron chi connectivity index (χ1n) is 13.5. The number of carbonyl (C=O) groups excluding carboxylic acids is 2. The predicted molar refractivity (Wildman–Crippen MR) is 140 cm³/mol. The zero-order valence-electron chi connectivity index (χ0n) is 22.0. The summed E-state index contributed by atoms with van der Waals surface area (Å²) in [6.45, 7) is 11.3. The minimum Gasteiger partial charge on any atom is -0.375 e. The minimum absolute atomic E-state index is 0.0170. The second kappa shape index (κ2) is 10.6. The van der Waals surface area contributed by atoms with Crippen molar-refractivity contribution in [1.82, 2.24) is 19.6 Å². The van der Waals surface area contributed by atoms with E-state index in [9.17, 15) is 9.59 Å². The molecule has 3 heterocycles. The van der Waals surface area contributed by atoms with Crippen LogP contribution in [0.15, 0.2) is 18.2 Å². The number of aromatic nitrogens is 2. The number of piperazine rings is 1. The van der Waals surface area contributed by atoms with Gasteiger partial charge in [0.05, 0.1) is 12.7 Å². The number of morpholine rings is 1. The van der Waals surface area contributed by atoms with Crippen molar-refractivity contribution < 1.29 is 14.3 Å². The molecule has 0 N–H and O–H groups in total. The highest BCUT2D eigenvalue weighted by Crippen LogP contribution is 2.27. The van der Waals surface area contributed by atoms with Gasteiger partial charge in [0.1, 0.15) is 6.54 Å². The fourth-order valence-electron chi connectivity index (χ4n) is 5.81. The number of amides is 2. The van der Waals surface area contributed by atoms with Gasteiger partial charge in [0.2, 0.25) is 5.91 Å². The van der Waals surface area contributed by atoms with Crippen LogP contribution in [0.2, 0.25) is 0 Å². The third kappa shape index (κ3) is 5.01. The summed E-state index contributed by atoms with van der Waals surface area (Å²) in [5, 5.41) is 4.78. The summed E-state index contributed by atoms with van der Waals surface area (Å²) in [4.78, 5) is 33.0. The molecular weight excluding hydrogens is 454 g/mol. The number of aryl methyl sites for hydroxylation is 1. The van der Waals surface area contributed by atoms with Crippen LogP contribution in [0.25, 0.3) is 0 Å². The van der Waals surface area contributed by atoms with Crippen LogP contribution in [0.4, 0.5) is 5.69 Å². The fraction of sp³-hybridized carbons (Fsp3) is 0.607. The molecule has 1 aromatic carbocycles. The van der Waals surface area contributed by atoms with E-state index in [0.717, 1.165) is 56.5 Å². The topological polar surface area (TPSA) is 70.9 Å². The van der Waals surface area contributed by atoms with Gasteiger partial charge in [-0.05, 0) is 63.6 Å². The first-order valence-corrected chi connectivity index (χ1v) is 13.5. The average molecular weight is 494 g/mol. The number of anilines is 1. The maximum absolute atomic E-state index is 13.4. The highest BCUT2D eigenvalue weighted by Gasteiger charge is 2.31. The normalized spacial score (nSPS) is 20.8. The largest absolute Gasteiger partial charge is 0.375 e. The lowest BCUT2D eigenvalue weighted by molar-refractivity contribution is -0.132. The van der Waals surface area contributed by atoms with Crippen molar-refractivity contribution in [2.75, 3.05) is 50.8 Å². The Balaban J connectivity index is 1.29. The summed E-state index contributed by atoms with van der Waals surface area (Å²) in [6, 6.07) is 6.42. The molecule has 1 aliphatic carbocycles. The molecule has 2 fully saturated rings. The minimum atomic E-state index is -0.0170. The molecule has 1 aromatic heterocycles. The summed E-state index contributed by atoms with van der Waals surface area (Å²) in [6.07, 6.45) is 5.05. The van der Waals surface area contributed by atoms with Gasteiger partial charge in [-0.15, -0.1) is 0 Å². The second-order valence-electron chi connectivity index (χ2n) is 10.5. The predicted octanol–water partition coefficient (Wildman–Crippen LogP) is 2.98. The van der Waals surface area contributed by atoms with E-state index in [1.165, 1.54) is 16.8 Å². The Morgan fingerprint density at radius 3 is 2.56 bits per heavy atom. The van der Waals surface area contributed by atoms with E-state index in [-0.39, 0.29) is 24.5 Å². The quantitative estimate of drug-likeness (QED) is 0.613. The zero-order valence-corrected chi connectivity index (χ0v) is 22.0. The van der Waals surface area contributed by atoms with Gasteiger partial charge in [0, 0.05) is 56.2 Å². The molecule has 0 unspecified atom stereocenters. The summed E-state index contributed by atoms with van der Waals surface area (Å²) in [7, 11) is 0. The molecule has 2 aliphatic heterocycles. The first-order chi connectivity index (χ1) is 17.4. The van der Waals surface area contributed by atoms with Crippen molar-refractivity contribution in [2.45, 2.75) is 65.5 Å². The van der Waals surface area contributed by atoms with Gasteiger partial charge < -0.3 is 19.4 Å². The molecular formula is C28H39N5O3. The lowest BCUT2D eigenvalue weighted by Crippen LogP contribution is -2.50. The fourth-order valence-corrected chi connectivity index (χ4v) is 5.81. The van der Waals surface area contributed by atoms with E-state index in [2.05, 4.69) is 36.9 Å². The summed E-state index contributed by atoms with van der Waals surface area (Å²) in [5.74, 6) is 0.0702. The smallest absolute Gasteiger partial charge is 0.274 e. The molecule has 2 saturated heterocycles. The van der Waals surface area contributed by atoms with Gasteiger partial charge in [0.25, 0.3) is 5.91 Å². The number of nitrogens with zero attached hydrogens (tertiary/aromatic N) is 5. The highest BCUT2D eigenvalue weighted by atomic mass is 16.5. The molecule has 0 bridgehead atoms. The van der Waals surface area contributed by atoms with Gasteiger partial charge in [0.15, 0.2) is 5.69 Å². The van der Waals surface area contributed by atoms with Crippen LogP contribution < -0.4 is 4.90 Å². The molecule has 5 rings (SSSR count). The summed E-state index contributed by atoms with van der Waals surface area (Å²) in [5.41, 5.74) is 6.56. The molecule has 0 spiro atoms. The Hall–Kier alpha value is -2.87. The SMILES string of the molecule is Cc1cccc(N2CCN(C(=O)Cn3nc(C(=O)N4CCO[C@H](C)C4)c4c3CCCCC4)CC2)c1C. The van der Waals surface area contributed by atoms with E-state index in [1.807, 2.05) is 21.4 Å². The van der Waals surface area contributed by atoms with Gasteiger partial charge in [-0.1, -0.05) is 18.6 Å². The molecule has 2 aromatic rings. The van der Waals surface area contributed by atoms with Crippen LogP contribution in [-0.4, -0.2) is 83.4 Å². The van der Waals surface area contributed by atoms with Crippen molar-refractivity contribution in [2.24, 2.45) is 0 Å². The third-order valence-electron chi connectivity index (χ3n) is 8.07. The molecule has 0 radical (unpaired) electrons. The maximum atomic E-state index is 13.4. The number of hydrogen-bond donors (Lipinski definition) is 0. The molecule has 0 saturated carbocycles. The van der Waals surface area contributed by atoms with Crippen LogP contribution in [0.5, 0.6) is 0 Å². The number of ether oxygens (including phenoxy) is 1. The number of benzene rings is 1. The van der Waals surface area contributed by atoms with E-state index in [1.54, 1.807) is 0 Å². The molecule has 3 aliphatic rings. The standard InChI is InChI=1S/C28H39N5O3/c1-20-8-7-11-24(22(20)3)30-12-14-31(15-13-30)26(34)19-33-25-10-6-4-5-9-23(25)27(29-33)28(35)32-16-17-36-21(2)18-32/h7-8,11,21H,4-6,9-10,12-19H2,1-3H3/t21-/m1/s1. The highest BCUT2D eigenvalue weighted by molar-refractivity contribution is 5.94. The third-order valence-corrected chi connectivity index (χ3v) is 8.07. The van der Waals surface area contributed by atoms with Gasteiger partial charge in [-0.3, -0.25) is 14.3 Å². The van der Waals surface area contributed by atoms with Gasteiger partial charge in [-0.25, -0.2) is 0 Å². The second-order valence-corrected chi connectivity index (χ2v) is 10.5. The number of rotatable bonds is 4. The Labute approximate surface area is 214 Å². The van der Waals surface area contributed by atoms with Crippen molar-refractivity contribution in [1.29, 1.82) is 0 Å². The van der Waals surface area contributed by atoms with Gasteiger partial charge in [-0.2, -0.15) is 5.10 Å². The lowest BCUT2D eigenvalue weighted by atomic mass is 10.1.